The van der Waals surface area contributed by atoms with Crippen LogP contribution in [0.5, 0.6) is 11.5 Å². The number of fused-ring (bicyclic) bond motifs is 1. The Morgan fingerprint density at radius 3 is 2.44 bits per heavy atom. The van der Waals surface area contributed by atoms with Crippen molar-refractivity contribution in [2.24, 2.45) is 0 Å². The zero-order chi connectivity index (χ0) is 25.9. The van der Waals surface area contributed by atoms with Crippen LogP contribution in [0.25, 0.3) is 23.0 Å². The maximum Gasteiger partial charge on any atom is 0.433 e. The van der Waals surface area contributed by atoms with Crippen molar-refractivity contribution in [1.29, 1.82) is 5.26 Å². The number of benzene rings is 2. The first-order valence-electron chi connectivity index (χ1n) is 10.4. The molecule has 4 aromatic rings. The van der Waals surface area contributed by atoms with Crippen LogP contribution in [-0.4, -0.2) is 34.7 Å². The molecule has 11 heteroatoms. The first-order valence-corrected chi connectivity index (χ1v) is 10.4. The quantitative estimate of drug-likeness (QED) is 0.370. The molecule has 2 aromatic heterocycles. The van der Waals surface area contributed by atoms with Crippen LogP contribution in [0.1, 0.15) is 21.6 Å². The van der Waals surface area contributed by atoms with Crippen molar-refractivity contribution in [1.82, 2.24) is 14.6 Å². The second kappa shape index (κ2) is 9.79. The number of nitrogens with one attached hydrogen (secondary N) is 1. The van der Waals surface area contributed by atoms with Crippen molar-refractivity contribution in [3.63, 3.8) is 0 Å². The van der Waals surface area contributed by atoms with E-state index in [1.54, 1.807) is 42.5 Å². The number of hydrogen-bond donors (Lipinski definition) is 1. The number of ether oxygens (including phenoxy) is 2. The highest BCUT2D eigenvalue weighted by Crippen LogP contribution is 2.36. The highest BCUT2D eigenvalue weighted by molar-refractivity contribution is 6.08. The second-order valence-corrected chi connectivity index (χ2v) is 7.43. The van der Waals surface area contributed by atoms with E-state index in [0.717, 1.165) is 17.8 Å². The topological polar surface area (TPSA) is 102 Å². The Bertz CT molecular complexity index is 1500. The first kappa shape index (κ1) is 24.3. The van der Waals surface area contributed by atoms with Crippen LogP contribution in [0.15, 0.2) is 60.8 Å². The third-order valence-corrected chi connectivity index (χ3v) is 5.21. The Hall–Kier alpha value is -4.85. The number of nitrogens with zero attached hydrogens (tertiary/aromatic N) is 4. The lowest BCUT2D eigenvalue weighted by Crippen LogP contribution is -2.15. The number of carbonyl (C=O) groups is 1. The van der Waals surface area contributed by atoms with Crippen molar-refractivity contribution in [3.8, 4) is 28.8 Å². The van der Waals surface area contributed by atoms with Crippen molar-refractivity contribution < 1.29 is 27.4 Å². The summed E-state index contributed by atoms with van der Waals surface area (Å²) in [4.78, 5) is 17.3. The van der Waals surface area contributed by atoms with Gasteiger partial charge < -0.3 is 14.8 Å². The molecule has 0 aliphatic heterocycles. The molecule has 1 N–H and O–H groups in total. The molecule has 182 valence electrons. The molecule has 0 saturated heterocycles. The van der Waals surface area contributed by atoms with Gasteiger partial charge in [-0.2, -0.15) is 23.5 Å². The van der Waals surface area contributed by atoms with Crippen LogP contribution < -0.4 is 14.8 Å². The maximum absolute atomic E-state index is 13.9. The van der Waals surface area contributed by atoms with E-state index in [4.69, 9.17) is 14.7 Å². The zero-order valence-electron chi connectivity index (χ0n) is 19.0. The van der Waals surface area contributed by atoms with E-state index in [2.05, 4.69) is 15.4 Å². The number of amides is 1. The molecule has 36 heavy (non-hydrogen) atoms. The lowest BCUT2D eigenvalue weighted by atomic mass is 10.1. The van der Waals surface area contributed by atoms with E-state index < -0.39 is 17.8 Å². The van der Waals surface area contributed by atoms with E-state index >= 15 is 0 Å². The van der Waals surface area contributed by atoms with Crippen molar-refractivity contribution in [3.05, 3.63) is 77.6 Å². The lowest BCUT2D eigenvalue weighted by molar-refractivity contribution is -0.142. The molecule has 4 rings (SSSR count). The number of aromatic nitrogens is 3. The number of methoxy groups -OCH3 is 2. The van der Waals surface area contributed by atoms with Crippen molar-refractivity contribution in [2.75, 3.05) is 19.5 Å². The Morgan fingerprint density at radius 1 is 1.08 bits per heavy atom. The predicted molar refractivity (Wildman–Crippen MR) is 126 cm³/mol. The highest BCUT2D eigenvalue weighted by Gasteiger charge is 2.36. The van der Waals surface area contributed by atoms with Gasteiger partial charge in [0, 0.05) is 17.3 Å². The maximum atomic E-state index is 13.9. The molecule has 0 atom stereocenters. The smallest absolute Gasteiger partial charge is 0.433 e. The largest absolute Gasteiger partial charge is 0.493 e. The summed E-state index contributed by atoms with van der Waals surface area (Å²) in [6.07, 6.45) is -0.823. The Balaban J connectivity index is 1.77. The van der Waals surface area contributed by atoms with Gasteiger partial charge in [0.05, 0.1) is 32.2 Å². The summed E-state index contributed by atoms with van der Waals surface area (Å²) in [7, 11) is 2.85. The van der Waals surface area contributed by atoms with Gasteiger partial charge in [-0.3, -0.25) is 4.79 Å². The molecule has 2 heterocycles. The molecule has 8 nitrogen and oxygen atoms in total. The van der Waals surface area contributed by atoms with E-state index in [-0.39, 0.29) is 16.9 Å². The molecular formula is C25H18F3N5O3. The van der Waals surface area contributed by atoms with Gasteiger partial charge in [0.25, 0.3) is 5.91 Å². The van der Waals surface area contributed by atoms with E-state index in [1.165, 1.54) is 26.4 Å². The fourth-order valence-corrected chi connectivity index (χ4v) is 3.48. The van der Waals surface area contributed by atoms with Gasteiger partial charge in [-0.15, -0.1) is 0 Å². The predicted octanol–water partition coefficient (Wildman–Crippen LogP) is 5.22. The number of rotatable bonds is 6. The normalized spacial score (nSPS) is 11.4. The second-order valence-electron chi connectivity index (χ2n) is 7.43. The molecule has 0 spiro atoms. The molecule has 2 aromatic carbocycles. The van der Waals surface area contributed by atoms with E-state index in [0.29, 0.717) is 27.3 Å². The number of allylic oxidation sites excluding steroid dienone is 1. The SMILES string of the molecule is COc1ccc(-c2cc(C(F)(F)F)n3ncc(C(=O)Nc4ccc(C=CC#N)cc4)c3n2)cc1OC. The molecule has 0 bridgehead atoms. The van der Waals surface area contributed by atoms with Crippen molar-refractivity contribution in [2.45, 2.75) is 6.18 Å². The summed E-state index contributed by atoms with van der Waals surface area (Å²) in [6.45, 7) is 0. The van der Waals surface area contributed by atoms with Crippen LogP contribution in [0.3, 0.4) is 0 Å². The van der Waals surface area contributed by atoms with E-state index in [9.17, 15) is 18.0 Å². The van der Waals surface area contributed by atoms with Gasteiger partial charge in [-0.1, -0.05) is 12.1 Å². The number of alkyl halides is 3. The Labute approximate surface area is 203 Å². The van der Waals surface area contributed by atoms with E-state index in [1.807, 2.05) is 6.07 Å². The number of carbonyl (C=O) groups excluding carboxylic acids is 1. The third-order valence-electron chi connectivity index (χ3n) is 5.21. The summed E-state index contributed by atoms with van der Waals surface area (Å²) in [6, 6.07) is 13.9. The molecule has 1 amide bonds. The lowest BCUT2D eigenvalue weighted by Gasteiger charge is -2.13. The van der Waals surface area contributed by atoms with Gasteiger partial charge in [-0.05, 0) is 48.0 Å². The molecule has 0 unspecified atom stereocenters. The molecular weight excluding hydrogens is 475 g/mol. The number of halogens is 3. The van der Waals surface area contributed by atoms with Crippen LogP contribution in [0.4, 0.5) is 18.9 Å². The summed E-state index contributed by atoms with van der Waals surface area (Å²) in [5, 5.41) is 15.0. The number of nitriles is 1. The van der Waals surface area contributed by atoms with Crippen LogP contribution in [0.2, 0.25) is 0 Å². The first-order chi connectivity index (χ1) is 17.2. The van der Waals surface area contributed by atoms with Gasteiger partial charge in [0.1, 0.15) is 5.56 Å². The third kappa shape index (κ3) is 4.83. The number of hydrogen-bond acceptors (Lipinski definition) is 6. The summed E-state index contributed by atoms with van der Waals surface area (Å²) in [5.41, 5.74) is -0.0581. The van der Waals surface area contributed by atoms with Gasteiger partial charge in [0.2, 0.25) is 0 Å². The fourth-order valence-electron chi connectivity index (χ4n) is 3.48. The summed E-state index contributed by atoms with van der Waals surface area (Å²) >= 11 is 0. The molecule has 0 aliphatic carbocycles. The molecule has 0 radical (unpaired) electrons. The van der Waals surface area contributed by atoms with Crippen LogP contribution in [-0.2, 0) is 6.18 Å². The molecule has 0 saturated carbocycles. The van der Waals surface area contributed by atoms with Crippen LogP contribution in [0, 0.1) is 11.3 Å². The summed E-state index contributed by atoms with van der Waals surface area (Å²) in [5.74, 6) is 0.0251. The Morgan fingerprint density at radius 2 is 1.81 bits per heavy atom. The average molecular weight is 493 g/mol. The fraction of sp³-hybridized carbons (Fsp3) is 0.120. The van der Waals surface area contributed by atoms with Gasteiger partial charge in [-0.25, -0.2) is 9.50 Å². The van der Waals surface area contributed by atoms with Gasteiger partial charge >= 0.3 is 6.18 Å². The molecule has 0 fully saturated rings. The number of anilines is 1. The molecule has 0 aliphatic rings. The minimum atomic E-state index is -4.76. The highest BCUT2D eigenvalue weighted by atomic mass is 19.4. The van der Waals surface area contributed by atoms with Crippen LogP contribution >= 0.6 is 0 Å². The van der Waals surface area contributed by atoms with Gasteiger partial charge in [0.15, 0.2) is 22.8 Å². The Kier molecular flexibility index (Phi) is 6.60. The summed E-state index contributed by atoms with van der Waals surface area (Å²) < 4.78 is 52.7. The average Bonchev–Trinajstić information content (AvgIpc) is 3.30. The monoisotopic (exact) mass is 493 g/mol. The zero-order valence-corrected chi connectivity index (χ0v) is 19.0. The standard InChI is InChI=1S/C25H18F3N5O3/c1-35-20-10-7-16(12-21(20)36-2)19-13-22(25(26,27)28)33-23(32-19)18(14-30-33)24(34)31-17-8-5-15(6-9-17)4-3-11-29/h3-10,12-14H,1-2H3,(H,31,34). The van der Waals surface area contributed by atoms with Crippen molar-refractivity contribution >= 4 is 23.3 Å². The minimum Gasteiger partial charge on any atom is -0.493 e. The minimum absolute atomic E-state index is 0.0287.